The molecule has 0 N–H and O–H groups in total. The molecule has 3 fully saturated rings. The van der Waals surface area contributed by atoms with E-state index in [1.807, 2.05) is 6.92 Å². The Labute approximate surface area is 309 Å². The van der Waals surface area contributed by atoms with E-state index < -0.39 is 87.5 Å². The maximum Gasteiger partial charge on any atom is 0.432 e. The zero-order valence-corrected chi connectivity index (χ0v) is 30.6. The summed E-state index contributed by atoms with van der Waals surface area (Å²) in [5.74, 6) is -5.13. The molecule has 54 heavy (non-hydrogen) atoms. The maximum atomic E-state index is 14.9. The molecule has 0 amide bonds. The van der Waals surface area contributed by atoms with Crippen LogP contribution >= 0.6 is 0 Å². The standard InChI is InChI=1S/C40H44F6O8/c1-24-28(18-17-25-20-22-52-32(25)47)36(4)21-19-31(54-34(49)38(51-6,40(44,45)46)27-15-11-8-12-16-27)35(2,3)30(36)23-29(24)53-33(48)37(50-5,39(41,42)43)26-13-9-7-10-14-26/h7-17,28-31H,1,18-23H2,2-6H3/b25-17+/t28-,29-,30-,31-,36+,37-,38-/m0/s1. The lowest BCUT2D eigenvalue weighted by Crippen LogP contribution is -2.60. The lowest BCUT2D eigenvalue weighted by atomic mass is 9.46. The van der Waals surface area contributed by atoms with Crippen LogP contribution in [0.2, 0.25) is 0 Å². The Balaban J connectivity index is 1.54. The van der Waals surface area contributed by atoms with Crippen LogP contribution in [-0.2, 0) is 49.3 Å². The fraction of sp³-hybridized carbons (Fsp3) is 0.525. The Hall–Kier alpha value is -4.17. The van der Waals surface area contributed by atoms with Crippen LogP contribution in [0.5, 0.6) is 0 Å². The van der Waals surface area contributed by atoms with Gasteiger partial charge >= 0.3 is 30.3 Å². The molecule has 8 nitrogen and oxygen atoms in total. The molecular weight excluding hydrogens is 722 g/mol. The summed E-state index contributed by atoms with van der Waals surface area (Å²) >= 11 is 0. The number of cyclic esters (lactones) is 1. The molecule has 0 unspecified atom stereocenters. The van der Waals surface area contributed by atoms with Crippen LogP contribution in [0.1, 0.15) is 64.0 Å². The third-order valence-electron chi connectivity index (χ3n) is 11.9. The molecule has 7 atom stereocenters. The molecular formula is C40H44F6O8. The first-order valence-electron chi connectivity index (χ1n) is 17.5. The molecule has 0 spiro atoms. The molecule has 0 bridgehead atoms. The highest BCUT2D eigenvalue weighted by Crippen LogP contribution is 2.63. The van der Waals surface area contributed by atoms with Crippen molar-refractivity contribution < 1.29 is 64.4 Å². The second-order valence-electron chi connectivity index (χ2n) is 14.9. The van der Waals surface area contributed by atoms with Crippen LogP contribution in [0.15, 0.2) is 84.5 Å². The lowest BCUT2D eigenvalue weighted by molar-refractivity contribution is -0.283. The van der Waals surface area contributed by atoms with Gasteiger partial charge in [-0.25, -0.2) is 14.4 Å². The summed E-state index contributed by atoms with van der Waals surface area (Å²) in [6, 6.07) is 12.7. The number of carbonyl (C=O) groups is 3. The second kappa shape index (κ2) is 14.8. The van der Waals surface area contributed by atoms with E-state index in [4.69, 9.17) is 23.7 Å². The Bertz CT molecular complexity index is 1760. The van der Waals surface area contributed by atoms with Gasteiger partial charge in [0, 0.05) is 42.8 Å². The van der Waals surface area contributed by atoms with Crippen molar-refractivity contribution in [3.8, 4) is 0 Å². The summed E-state index contributed by atoms with van der Waals surface area (Å²) in [7, 11) is 1.52. The van der Waals surface area contributed by atoms with Gasteiger partial charge in [0.2, 0.25) is 0 Å². The highest BCUT2D eigenvalue weighted by molar-refractivity contribution is 5.90. The van der Waals surface area contributed by atoms with E-state index in [1.54, 1.807) is 19.9 Å². The van der Waals surface area contributed by atoms with Crippen LogP contribution in [0.25, 0.3) is 0 Å². The highest BCUT2D eigenvalue weighted by atomic mass is 19.4. The number of fused-ring (bicyclic) bond motifs is 1. The van der Waals surface area contributed by atoms with Gasteiger partial charge < -0.3 is 23.7 Å². The van der Waals surface area contributed by atoms with E-state index in [1.165, 1.54) is 36.4 Å². The number of methoxy groups -OCH3 is 2. The van der Waals surface area contributed by atoms with Crippen LogP contribution < -0.4 is 0 Å². The predicted octanol–water partition coefficient (Wildman–Crippen LogP) is 8.30. The van der Waals surface area contributed by atoms with Crippen molar-refractivity contribution in [2.75, 3.05) is 20.8 Å². The molecule has 0 aromatic heterocycles. The average molecular weight is 767 g/mol. The van der Waals surface area contributed by atoms with Crippen molar-refractivity contribution in [1.82, 2.24) is 0 Å². The smallest absolute Gasteiger partial charge is 0.432 e. The van der Waals surface area contributed by atoms with Crippen molar-refractivity contribution in [3.63, 3.8) is 0 Å². The molecule has 1 heterocycles. The first kappa shape index (κ1) is 41.0. The highest BCUT2D eigenvalue weighted by Gasteiger charge is 2.67. The summed E-state index contributed by atoms with van der Waals surface area (Å²) in [6.45, 7) is 9.74. The number of halogens is 6. The fourth-order valence-electron chi connectivity index (χ4n) is 8.91. The monoisotopic (exact) mass is 766 g/mol. The van der Waals surface area contributed by atoms with Crippen molar-refractivity contribution in [1.29, 1.82) is 0 Å². The number of carbonyl (C=O) groups excluding carboxylic acids is 3. The minimum Gasteiger partial charge on any atom is -0.462 e. The molecule has 5 rings (SSSR count). The molecule has 1 aliphatic heterocycles. The number of esters is 3. The van der Waals surface area contributed by atoms with Gasteiger partial charge in [0.15, 0.2) is 0 Å². The van der Waals surface area contributed by atoms with E-state index >= 15 is 0 Å². The quantitative estimate of drug-likeness (QED) is 0.0784. The number of hydrogen-bond donors (Lipinski definition) is 0. The maximum absolute atomic E-state index is 14.9. The van der Waals surface area contributed by atoms with E-state index in [0.717, 1.165) is 38.5 Å². The topological polar surface area (TPSA) is 97.4 Å². The van der Waals surface area contributed by atoms with Gasteiger partial charge in [-0.05, 0) is 48.5 Å². The van der Waals surface area contributed by atoms with Gasteiger partial charge in [-0.15, -0.1) is 0 Å². The van der Waals surface area contributed by atoms with Crippen molar-refractivity contribution in [2.24, 2.45) is 22.7 Å². The van der Waals surface area contributed by atoms with E-state index in [-0.39, 0.29) is 32.3 Å². The molecule has 3 aliphatic rings. The molecule has 14 heteroatoms. The first-order valence-corrected chi connectivity index (χ1v) is 17.5. The molecule has 2 aliphatic carbocycles. The second-order valence-corrected chi connectivity index (χ2v) is 14.9. The number of alkyl halides is 6. The van der Waals surface area contributed by atoms with Crippen molar-refractivity contribution in [2.45, 2.75) is 88.6 Å². The van der Waals surface area contributed by atoms with Gasteiger partial charge in [-0.1, -0.05) is 94.1 Å². The van der Waals surface area contributed by atoms with Crippen LogP contribution in [0.3, 0.4) is 0 Å². The largest absolute Gasteiger partial charge is 0.462 e. The minimum absolute atomic E-state index is 0.100. The molecule has 2 aromatic carbocycles. The van der Waals surface area contributed by atoms with Crippen molar-refractivity contribution >= 4 is 17.9 Å². The van der Waals surface area contributed by atoms with Gasteiger partial charge in [-0.2, -0.15) is 26.3 Å². The van der Waals surface area contributed by atoms with Gasteiger partial charge in [-0.3, -0.25) is 0 Å². The number of ether oxygens (including phenoxy) is 5. The van der Waals surface area contributed by atoms with Crippen LogP contribution in [0, 0.1) is 22.7 Å². The zero-order valence-electron chi connectivity index (χ0n) is 30.6. The lowest BCUT2D eigenvalue weighted by Gasteiger charge is -2.61. The van der Waals surface area contributed by atoms with Crippen LogP contribution in [0.4, 0.5) is 26.3 Å². The summed E-state index contributed by atoms with van der Waals surface area (Å²) in [5, 5.41) is 0. The molecule has 0 radical (unpaired) electrons. The van der Waals surface area contributed by atoms with Crippen molar-refractivity contribution in [3.05, 3.63) is 95.6 Å². The summed E-state index contributed by atoms with van der Waals surface area (Å²) in [5.41, 5.74) is -9.12. The number of allylic oxidation sites excluding steroid dienone is 1. The fourth-order valence-corrected chi connectivity index (χ4v) is 8.91. The van der Waals surface area contributed by atoms with E-state index in [0.29, 0.717) is 17.6 Å². The molecule has 294 valence electrons. The normalized spacial score (nSPS) is 28.7. The summed E-state index contributed by atoms with van der Waals surface area (Å²) in [6.07, 6.45) is -10.4. The Morgan fingerprint density at radius 3 is 1.80 bits per heavy atom. The van der Waals surface area contributed by atoms with Crippen LogP contribution in [-0.4, -0.2) is 63.3 Å². The van der Waals surface area contributed by atoms with Gasteiger partial charge in [0.1, 0.15) is 12.2 Å². The molecule has 2 saturated carbocycles. The molecule has 2 aromatic rings. The Morgan fingerprint density at radius 2 is 1.35 bits per heavy atom. The predicted molar refractivity (Wildman–Crippen MR) is 182 cm³/mol. The van der Waals surface area contributed by atoms with E-state index in [2.05, 4.69) is 6.58 Å². The third-order valence-corrected chi connectivity index (χ3v) is 11.9. The average Bonchev–Trinajstić information content (AvgIpc) is 3.52. The molecule has 1 saturated heterocycles. The van der Waals surface area contributed by atoms with E-state index in [9.17, 15) is 40.7 Å². The third kappa shape index (κ3) is 6.73. The first-order chi connectivity index (χ1) is 25.2. The SMILES string of the molecule is C=C1[C@@H](OC(=O)[C@@](OC)(c2ccccc2)C(F)(F)F)C[C@H]2C(C)(C)[C@@H](OC(=O)[C@@](OC)(c3ccccc3)C(F)(F)F)CC[C@]2(C)[C@H]1C/C=C1\CCOC1=O. The van der Waals surface area contributed by atoms with Gasteiger partial charge in [0.25, 0.3) is 11.2 Å². The number of benzene rings is 2. The minimum atomic E-state index is -5.26. The van der Waals surface area contributed by atoms with Gasteiger partial charge in [0.05, 0.1) is 6.61 Å². The zero-order chi connectivity index (χ0) is 39.9. The summed E-state index contributed by atoms with van der Waals surface area (Å²) < 4.78 is 116. The number of rotatable bonds is 10. The number of hydrogen-bond acceptors (Lipinski definition) is 8. The Kier molecular flexibility index (Phi) is 11.3. The Morgan fingerprint density at radius 1 is 0.852 bits per heavy atom. The summed E-state index contributed by atoms with van der Waals surface area (Å²) in [4.78, 5) is 40.0.